The van der Waals surface area contributed by atoms with Crippen LogP contribution in [0.5, 0.6) is 5.75 Å². The van der Waals surface area contributed by atoms with E-state index >= 15 is 0 Å². The summed E-state index contributed by atoms with van der Waals surface area (Å²) >= 11 is 0. The maximum atomic E-state index is 5.91. The van der Waals surface area contributed by atoms with Gasteiger partial charge in [0.15, 0.2) is 0 Å². The number of benzene rings is 1. The molecule has 3 nitrogen and oxygen atoms in total. The fourth-order valence-electron chi connectivity index (χ4n) is 3.33. The first-order chi connectivity index (χ1) is 9.61. The van der Waals surface area contributed by atoms with Crippen LogP contribution in [0, 0.1) is 0 Å². The van der Waals surface area contributed by atoms with Gasteiger partial charge >= 0.3 is 0 Å². The smallest absolute Gasteiger partial charge is 0.119 e. The zero-order valence-electron chi connectivity index (χ0n) is 13.1. The molecule has 2 rings (SSSR count). The number of methoxy groups -OCH3 is 1. The molecule has 0 saturated heterocycles. The summed E-state index contributed by atoms with van der Waals surface area (Å²) in [5, 5.41) is 3.45. The minimum absolute atomic E-state index is 0.0603. The predicted octanol–water partition coefficient (Wildman–Crippen LogP) is 3.69. The van der Waals surface area contributed by atoms with E-state index in [1.165, 1.54) is 18.4 Å². The molecule has 0 spiro atoms. The van der Waals surface area contributed by atoms with Crippen LogP contribution >= 0.6 is 0 Å². The standard InChI is InChI=1S/C17H27NO2/c1-13(2)20-15-9-7-14(8-10-15)16(18-3)17(19-4)11-5-6-12-17/h7-10,13,16,18H,5-6,11-12H2,1-4H3. The Bertz CT molecular complexity index is 408. The highest BCUT2D eigenvalue weighted by Crippen LogP contribution is 2.42. The van der Waals surface area contributed by atoms with Crippen molar-refractivity contribution in [1.29, 1.82) is 0 Å². The molecule has 1 fully saturated rings. The van der Waals surface area contributed by atoms with Gasteiger partial charge in [-0.15, -0.1) is 0 Å². The second-order valence-corrected chi connectivity index (χ2v) is 5.93. The van der Waals surface area contributed by atoms with Crippen LogP contribution in [0.1, 0.15) is 51.1 Å². The Kier molecular flexibility index (Phi) is 5.06. The first kappa shape index (κ1) is 15.3. The van der Waals surface area contributed by atoms with Crippen molar-refractivity contribution in [2.45, 2.75) is 57.3 Å². The predicted molar refractivity (Wildman–Crippen MR) is 82.2 cm³/mol. The Morgan fingerprint density at radius 1 is 1.10 bits per heavy atom. The van der Waals surface area contributed by atoms with E-state index in [4.69, 9.17) is 9.47 Å². The van der Waals surface area contributed by atoms with Crippen molar-refractivity contribution in [3.8, 4) is 5.75 Å². The first-order valence-corrected chi connectivity index (χ1v) is 7.60. The van der Waals surface area contributed by atoms with Crippen molar-refractivity contribution >= 4 is 0 Å². The van der Waals surface area contributed by atoms with Crippen molar-refractivity contribution < 1.29 is 9.47 Å². The summed E-state index contributed by atoms with van der Waals surface area (Å²) < 4.78 is 11.6. The molecule has 0 bridgehead atoms. The van der Waals surface area contributed by atoms with Crippen LogP contribution in [0.3, 0.4) is 0 Å². The van der Waals surface area contributed by atoms with Crippen LogP contribution in [-0.2, 0) is 4.74 Å². The van der Waals surface area contributed by atoms with Gasteiger partial charge in [0.2, 0.25) is 0 Å². The molecule has 1 unspecified atom stereocenters. The van der Waals surface area contributed by atoms with Crippen LogP contribution in [0.2, 0.25) is 0 Å². The van der Waals surface area contributed by atoms with Crippen molar-refractivity contribution in [2.75, 3.05) is 14.2 Å². The van der Waals surface area contributed by atoms with E-state index in [9.17, 15) is 0 Å². The Hall–Kier alpha value is -1.06. The van der Waals surface area contributed by atoms with Gasteiger partial charge in [-0.2, -0.15) is 0 Å². The van der Waals surface area contributed by atoms with E-state index in [2.05, 4.69) is 29.6 Å². The van der Waals surface area contributed by atoms with Gasteiger partial charge in [0, 0.05) is 7.11 Å². The summed E-state index contributed by atoms with van der Waals surface area (Å²) in [5.74, 6) is 0.927. The topological polar surface area (TPSA) is 30.5 Å². The third kappa shape index (κ3) is 3.15. The van der Waals surface area contributed by atoms with E-state index in [0.717, 1.165) is 18.6 Å². The van der Waals surface area contributed by atoms with Crippen molar-refractivity contribution in [3.05, 3.63) is 29.8 Å². The van der Waals surface area contributed by atoms with E-state index in [1.54, 1.807) is 0 Å². The van der Waals surface area contributed by atoms with E-state index < -0.39 is 0 Å². The van der Waals surface area contributed by atoms with Gasteiger partial charge in [-0.1, -0.05) is 25.0 Å². The Balaban J connectivity index is 2.19. The molecule has 20 heavy (non-hydrogen) atoms. The second-order valence-electron chi connectivity index (χ2n) is 5.93. The van der Waals surface area contributed by atoms with Gasteiger partial charge < -0.3 is 14.8 Å². The van der Waals surface area contributed by atoms with Crippen LogP contribution in [0.4, 0.5) is 0 Å². The molecule has 1 saturated carbocycles. The molecule has 1 aromatic carbocycles. The second kappa shape index (κ2) is 6.59. The maximum Gasteiger partial charge on any atom is 0.119 e. The number of hydrogen-bond donors (Lipinski definition) is 1. The van der Waals surface area contributed by atoms with E-state index in [0.29, 0.717) is 0 Å². The molecule has 0 aliphatic heterocycles. The van der Waals surface area contributed by atoms with Crippen molar-refractivity contribution in [1.82, 2.24) is 5.32 Å². The molecule has 1 atom stereocenters. The summed E-state index contributed by atoms with van der Waals surface area (Å²) in [5.41, 5.74) is 1.21. The lowest BCUT2D eigenvalue weighted by Gasteiger charge is -2.36. The lowest BCUT2D eigenvalue weighted by atomic mass is 9.87. The number of likely N-dealkylation sites (N-methyl/N-ethyl adjacent to an activating group) is 1. The molecule has 112 valence electrons. The SMILES string of the molecule is CNC(c1ccc(OC(C)C)cc1)C1(OC)CCCC1. The average molecular weight is 277 g/mol. The van der Waals surface area contributed by atoms with E-state index in [1.807, 2.05) is 28.0 Å². The Morgan fingerprint density at radius 2 is 1.70 bits per heavy atom. The summed E-state index contributed by atoms with van der Waals surface area (Å²) in [6.07, 6.45) is 4.96. The van der Waals surface area contributed by atoms with Crippen LogP contribution in [-0.4, -0.2) is 25.9 Å². The minimum Gasteiger partial charge on any atom is -0.491 e. The summed E-state index contributed by atoms with van der Waals surface area (Å²) in [6.45, 7) is 4.09. The quantitative estimate of drug-likeness (QED) is 0.860. The van der Waals surface area contributed by atoms with Crippen molar-refractivity contribution in [2.24, 2.45) is 0 Å². The molecule has 1 N–H and O–H groups in total. The zero-order chi connectivity index (χ0) is 14.6. The molecule has 1 aromatic rings. The van der Waals surface area contributed by atoms with Gasteiger partial charge in [0.05, 0.1) is 17.7 Å². The van der Waals surface area contributed by atoms with Gasteiger partial charge in [-0.3, -0.25) is 0 Å². The van der Waals surface area contributed by atoms with Crippen LogP contribution in [0.25, 0.3) is 0 Å². The minimum atomic E-state index is -0.0603. The maximum absolute atomic E-state index is 5.91. The largest absolute Gasteiger partial charge is 0.491 e. The number of rotatable bonds is 6. The van der Waals surface area contributed by atoms with Crippen LogP contribution in [0.15, 0.2) is 24.3 Å². The normalized spacial score (nSPS) is 19.2. The number of hydrogen-bond acceptors (Lipinski definition) is 3. The molecule has 1 aliphatic rings. The molecule has 1 aliphatic carbocycles. The fraction of sp³-hybridized carbons (Fsp3) is 0.647. The molecule has 3 heteroatoms. The van der Waals surface area contributed by atoms with Gasteiger partial charge in [-0.25, -0.2) is 0 Å². The molecular formula is C17H27NO2. The lowest BCUT2D eigenvalue weighted by Crippen LogP contribution is -2.42. The van der Waals surface area contributed by atoms with Crippen LogP contribution < -0.4 is 10.1 Å². The first-order valence-electron chi connectivity index (χ1n) is 7.60. The molecule has 0 amide bonds. The highest BCUT2D eigenvalue weighted by atomic mass is 16.5. The number of nitrogens with one attached hydrogen (secondary N) is 1. The Morgan fingerprint density at radius 3 is 2.15 bits per heavy atom. The lowest BCUT2D eigenvalue weighted by molar-refractivity contribution is -0.0349. The van der Waals surface area contributed by atoms with Gasteiger partial charge in [-0.05, 0) is 51.4 Å². The highest BCUT2D eigenvalue weighted by molar-refractivity contribution is 5.31. The molecular weight excluding hydrogens is 250 g/mol. The van der Waals surface area contributed by atoms with Crippen molar-refractivity contribution in [3.63, 3.8) is 0 Å². The van der Waals surface area contributed by atoms with E-state index in [-0.39, 0.29) is 17.7 Å². The third-order valence-corrected chi connectivity index (χ3v) is 4.26. The average Bonchev–Trinajstić information content (AvgIpc) is 2.91. The summed E-state index contributed by atoms with van der Waals surface area (Å²) in [7, 11) is 3.86. The monoisotopic (exact) mass is 277 g/mol. The van der Waals surface area contributed by atoms with Gasteiger partial charge in [0.1, 0.15) is 5.75 Å². The summed E-state index contributed by atoms with van der Waals surface area (Å²) in [4.78, 5) is 0. The molecule has 0 aromatic heterocycles. The summed E-state index contributed by atoms with van der Waals surface area (Å²) in [6, 6.07) is 8.65. The molecule has 0 heterocycles. The Labute approximate surface area is 122 Å². The zero-order valence-corrected chi connectivity index (χ0v) is 13.1. The molecule has 0 radical (unpaired) electrons. The fourth-order valence-corrected chi connectivity index (χ4v) is 3.33. The number of ether oxygens (including phenoxy) is 2. The third-order valence-electron chi connectivity index (χ3n) is 4.26. The van der Waals surface area contributed by atoms with Gasteiger partial charge in [0.25, 0.3) is 0 Å². The highest BCUT2D eigenvalue weighted by Gasteiger charge is 2.41.